The van der Waals surface area contributed by atoms with Crippen LogP contribution in [-0.4, -0.2) is 18.0 Å². The highest BCUT2D eigenvalue weighted by Gasteiger charge is 2.46. The lowest BCUT2D eigenvalue weighted by Gasteiger charge is -2.12. The lowest BCUT2D eigenvalue weighted by Crippen LogP contribution is -2.32. The number of hydrogen-bond acceptors (Lipinski definition) is 3. The molecule has 1 heterocycles. The number of nitrogens with zero attached hydrogens (tertiary/aromatic N) is 2. The number of benzene rings is 1. The molecule has 3 rings (SSSR count). The van der Waals surface area contributed by atoms with Gasteiger partial charge in [-0.05, 0) is 43.0 Å². The monoisotopic (exact) mass is 241 g/mol. The van der Waals surface area contributed by atoms with E-state index in [-0.39, 0.29) is 18.0 Å². The van der Waals surface area contributed by atoms with E-state index in [0.29, 0.717) is 17.2 Å². The Labute approximate surface area is 104 Å². The van der Waals surface area contributed by atoms with Crippen LogP contribution in [-0.2, 0) is 4.79 Å². The fourth-order valence-electron chi connectivity index (χ4n) is 2.18. The SMILES string of the molecule is N#Cc1ccc(N2C(=O)NC(C3CC3)C2=O)cc1. The van der Waals surface area contributed by atoms with Gasteiger partial charge in [-0.15, -0.1) is 0 Å². The molecule has 0 aromatic heterocycles. The van der Waals surface area contributed by atoms with Gasteiger partial charge in [0.15, 0.2) is 0 Å². The molecule has 0 radical (unpaired) electrons. The van der Waals surface area contributed by atoms with E-state index < -0.39 is 0 Å². The van der Waals surface area contributed by atoms with E-state index in [2.05, 4.69) is 5.32 Å². The number of nitriles is 1. The van der Waals surface area contributed by atoms with Crippen molar-refractivity contribution in [3.05, 3.63) is 29.8 Å². The van der Waals surface area contributed by atoms with Gasteiger partial charge in [0.1, 0.15) is 6.04 Å². The third kappa shape index (κ3) is 1.63. The summed E-state index contributed by atoms with van der Waals surface area (Å²) in [5.74, 6) is 0.108. The highest BCUT2D eigenvalue weighted by molar-refractivity contribution is 6.21. The fraction of sp³-hybridized carbons (Fsp3) is 0.308. The molecule has 1 aliphatic carbocycles. The molecule has 1 unspecified atom stereocenters. The molecule has 2 aliphatic rings. The van der Waals surface area contributed by atoms with E-state index >= 15 is 0 Å². The van der Waals surface area contributed by atoms with Gasteiger partial charge in [-0.3, -0.25) is 4.79 Å². The van der Waals surface area contributed by atoms with Crippen molar-refractivity contribution in [2.24, 2.45) is 5.92 Å². The third-order valence-electron chi connectivity index (χ3n) is 3.32. The topological polar surface area (TPSA) is 73.2 Å². The van der Waals surface area contributed by atoms with Crippen molar-refractivity contribution >= 4 is 17.6 Å². The van der Waals surface area contributed by atoms with Crippen LogP contribution in [0.1, 0.15) is 18.4 Å². The van der Waals surface area contributed by atoms with Crippen LogP contribution in [0.2, 0.25) is 0 Å². The van der Waals surface area contributed by atoms with Gasteiger partial charge in [-0.1, -0.05) is 0 Å². The lowest BCUT2D eigenvalue weighted by molar-refractivity contribution is -0.118. The number of nitrogens with one attached hydrogen (secondary N) is 1. The molecule has 90 valence electrons. The second kappa shape index (κ2) is 3.84. The summed E-state index contributed by atoms with van der Waals surface area (Å²) in [5, 5.41) is 11.4. The highest BCUT2D eigenvalue weighted by atomic mass is 16.2. The molecule has 1 saturated carbocycles. The maximum Gasteiger partial charge on any atom is 0.329 e. The second-order valence-electron chi connectivity index (χ2n) is 4.60. The van der Waals surface area contributed by atoms with Crippen LogP contribution in [0.4, 0.5) is 10.5 Å². The van der Waals surface area contributed by atoms with Crippen molar-refractivity contribution in [2.45, 2.75) is 18.9 Å². The summed E-state index contributed by atoms with van der Waals surface area (Å²) in [5.41, 5.74) is 1.02. The van der Waals surface area contributed by atoms with Gasteiger partial charge in [0.2, 0.25) is 0 Å². The first-order valence-corrected chi connectivity index (χ1v) is 5.85. The smallest absolute Gasteiger partial charge is 0.325 e. The average Bonchev–Trinajstić information content (AvgIpc) is 3.17. The van der Waals surface area contributed by atoms with E-state index in [1.807, 2.05) is 6.07 Å². The zero-order valence-electron chi connectivity index (χ0n) is 9.59. The second-order valence-corrected chi connectivity index (χ2v) is 4.60. The Morgan fingerprint density at radius 2 is 1.89 bits per heavy atom. The summed E-state index contributed by atoms with van der Waals surface area (Å²) in [6, 6.07) is 7.69. The molecule has 1 atom stereocenters. The van der Waals surface area contributed by atoms with E-state index in [0.717, 1.165) is 17.7 Å². The Balaban J connectivity index is 1.88. The zero-order chi connectivity index (χ0) is 12.7. The normalized spacial score (nSPS) is 22.8. The van der Waals surface area contributed by atoms with Crippen LogP contribution in [0.5, 0.6) is 0 Å². The molecule has 2 fully saturated rings. The summed E-state index contributed by atoms with van der Waals surface area (Å²) in [4.78, 5) is 25.1. The lowest BCUT2D eigenvalue weighted by atomic mass is 10.1. The molecular formula is C13H11N3O2. The minimum atomic E-state index is -0.374. The number of carbonyl (C=O) groups excluding carboxylic acids is 2. The van der Waals surface area contributed by atoms with Gasteiger partial charge in [0.05, 0.1) is 17.3 Å². The molecule has 5 heteroatoms. The Kier molecular flexibility index (Phi) is 2.30. The minimum absolute atomic E-state index is 0.188. The van der Waals surface area contributed by atoms with Crippen LogP contribution in [0, 0.1) is 17.2 Å². The first-order chi connectivity index (χ1) is 8.70. The van der Waals surface area contributed by atoms with Crippen LogP contribution in [0.15, 0.2) is 24.3 Å². The standard InChI is InChI=1S/C13H11N3O2/c14-7-8-1-5-10(6-2-8)16-12(17)11(9-3-4-9)15-13(16)18/h1-2,5-6,9,11H,3-4H2,(H,15,18). The first kappa shape index (κ1) is 10.8. The van der Waals surface area contributed by atoms with Gasteiger partial charge in [0, 0.05) is 0 Å². The van der Waals surface area contributed by atoms with Gasteiger partial charge in [0.25, 0.3) is 5.91 Å². The summed E-state index contributed by atoms with van der Waals surface area (Å²) in [6.07, 6.45) is 2.00. The minimum Gasteiger partial charge on any atom is -0.325 e. The van der Waals surface area contributed by atoms with Crippen LogP contribution in [0.25, 0.3) is 0 Å². The first-order valence-electron chi connectivity index (χ1n) is 5.85. The van der Waals surface area contributed by atoms with Crippen molar-refractivity contribution < 1.29 is 9.59 Å². The molecule has 1 saturated heterocycles. The molecule has 1 aliphatic heterocycles. The number of imide groups is 1. The molecule has 0 spiro atoms. The quantitative estimate of drug-likeness (QED) is 0.795. The molecule has 5 nitrogen and oxygen atoms in total. The predicted molar refractivity (Wildman–Crippen MR) is 63.7 cm³/mol. The van der Waals surface area contributed by atoms with Crippen molar-refractivity contribution in [1.29, 1.82) is 5.26 Å². The maximum absolute atomic E-state index is 12.1. The van der Waals surface area contributed by atoms with E-state index in [9.17, 15) is 9.59 Å². The summed E-state index contributed by atoms with van der Waals surface area (Å²) in [6.45, 7) is 0. The largest absolute Gasteiger partial charge is 0.329 e. The van der Waals surface area contributed by atoms with Gasteiger partial charge < -0.3 is 5.32 Å². The van der Waals surface area contributed by atoms with E-state index in [1.54, 1.807) is 24.3 Å². The summed E-state index contributed by atoms with van der Waals surface area (Å²) in [7, 11) is 0. The average molecular weight is 241 g/mol. The molecule has 18 heavy (non-hydrogen) atoms. The summed E-state index contributed by atoms with van der Waals surface area (Å²) < 4.78 is 0. The van der Waals surface area contributed by atoms with Crippen molar-refractivity contribution in [2.75, 3.05) is 4.90 Å². The number of carbonyl (C=O) groups is 2. The van der Waals surface area contributed by atoms with Crippen LogP contribution >= 0.6 is 0 Å². The summed E-state index contributed by atoms with van der Waals surface area (Å²) >= 11 is 0. The van der Waals surface area contributed by atoms with Crippen LogP contribution < -0.4 is 10.2 Å². The highest BCUT2D eigenvalue weighted by Crippen LogP contribution is 2.36. The zero-order valence-corrected chi connectivity index (χ0v) is 9.59. The number of urea groups is 1. The molecule has 1 aromatic rings. The number of hydrogen-bond donors (Lipinski definition) is 1. The fourth-order valence-corrected chi connectivity index (χ4v) is 2.18. The molecule has 3 amide bonds. The molecular weight excluding hydrogens is 230 g/mol. The Morgan fingerprint density at radius 1 is 1.22 bits per heavy atom. The Bertz CT molecular complexity index is 555. The van der Waals surface area contributed by atoms with Gasteiger partial charge in [-0.2, -0.15) is 5.26 Å². The number of rotatable bonds is 2. The number of anilines is 1. The molecule has 1 N–H and O–H groups in total. The van der Waals surface area contributed by atoms with Crippen molar-refractivity contribution in [1.82, 2.24) is 5.32 Å². The van der Waals surface area contributed by atoms with Crippen molar-refractivity contribution in [3.8, 4) is 6.07 Å². The third-order valence-corrected chi connectivity index (χ3v) is 3.32. The Morgan fingerprint density at radius 3 is 2.44 bits per heavy atom. The maximum atomic E-state index is 12.1. The van der Waals surface area contributed by atoms with Crippen molar-refractivity contribution in [3.63, 3.8) is 0 Å². The van der Waals surface area contributed by atoms with E-state index in [1.165, 1.54) is 0 Å². The molecule has 0 bridgehead atoms. The van der Waals surface area contributed by atoms with E-state index in [4.69, 9.17) is 5.26 Å². The van der Waals surface area contributed by atoms with Gasteiger partial charge >= 0.3 is 6.03 Å². The Hall–Kier alpha value is -2.35. The number of amides is 3. The van der Waals surface area contributed by atoms with Gasteiger partial charge in [-0.25, -0.2) is 9.69 Å². The van der Waals surface area contributed by atoms with Crippen LogP contribution in [0.3, 0.4) is 0 Å². The molecule has 1 aromatic carbocycles. The predicted octanol–water partition coefficient (Wildman–Crippen LogP) is 1.39.